The summed E-state index contributed by atoms with van der Waals surface area (Å²) in [6.07, 6.45) is 0.417. The third kappa shape index (κ3) is 5.76. The molecule has 1 unspecified atom stereocenters. The SMILES string of the molecule is CC(C)n1cnc2c1C(C(=O)N1CCOCC1)N(CC1CC1)CC2.O=C(O)C(F)(F)F. The van der Waals surface area contributed by atoms with E-state index in [1.807, 2.05) is 11.2 Å². The number of imidazole rings is 1. The van der Waals surface area contributed by atoms with Crippen molar-refractivity contribution in [1.82, 2.24) is 19.4 Å². The molecule has 8 nitrogen and oxygen atoms in total. The lowest BCUT2D eigenvalue weighted by atomic mass is 9.99. The highest BCUT2D eigenvalue weighted by Gasteiger charge is 2.41. The normalized spacial score (nSPS) is 22.0. The van der Waals surface area contributed by atoms with Gasteiger partial charge < -0.3 is 19.3 Å². The second-order valence-corrected chi connectivity index (χ2v) is 8.41. The number of aromatic nitrogens is 2. The van der Waals surface area contributed by atoms with Crippen molar-refractivity contribution in [1.29, 1.82) is 0 Å². The topological polar surface area (TPSA) is 87.9 Å². The number of carboxylic acid groups (broad SMARTS) is 1. The first kappa shape index (κ1) is 23.5. The van der Waals surface area contributed by atoms with Crippen molar-refractivity contribution in [2.75, 3.05) is 39.4 Å². The van der Waals surface area contributed by atoms with E-state index < -0.39 is 12.1 Å². The molecular formula is C20H29F3N4O4. The highest BCUT2D eigenvalue weighted by atomic mass is 19.4. The average Bonchev–Trinajstić information content (AvgIpc) is 3.42. The molecular weight excluding hydrogens is 417 g/mol. The van der Waals surface area contributed by atoms with Gasteiger partial charge in [-0.25, -0.2) is 9.78 Å². The maximum absolute atomic E-state index is 13.4. The first-order chi connectivity index (χ1) is 14.6. The van der Waals surface area contributed by atoms with Crippen molar-refractivity contribution in [3.05, 3.63) is 17.7 Å². The summed E-state index contributed by atoms with van der Waals surface area (Å²) in [6.45, 7) is 9.03. The van der Waals surface area contributed by atoms with Crippen LogP contribution in [0.15, 0.2) is 6.33 Å². The van der Waals surface area contributed by atoms with Crippen LogP contribution in [0.1, 0.15) is 50.2 Å². The molecule has 0 spiro atoms. The summed E-state index contributed by atoms with van der Waals surface area (Å²) >= 11 is 0. The Bertz CT molecular complexity index is 786. The first-order valence-electron chi connectivity index (χ1n) is 10.6. The van der Waals surface area contributed by atoms with Crippen molar-refractivity contribution in [2.24, 2.45) is 5.92 Å². The predicted molar refractivity (Wildman–Crippen MR) is 104 cm³/mol. The smallest absolute Gasteiger partial charge is 0.475 e. The molecule has 0 radical (unpaired) electrons. The number of amides is 1. The van der Waals surface area contributed by atoms with Gasteiger partial charge in [0.15, 0.2) is 0 Å². The number of fused-ring (bicyclic) bond motifs is 1. The van der Waals surface area contributed by atoms with E-state index in [1.165, 1.54) is 12.8 Å². The lowest BCUT2D eigenvalue weighted by molar-refractivity contribution is -0.192. The zero-order valence-electron chi connectivity index (χ0n) is 17.8. The standard InChI is InChI=1S/C18H28N4O2.C2HF3O2/c1-13(2)22-12-19-15-5-6-21(11-14-3-4-14)17(16(15)22)18(23)20-7-9-24-10-8-20;3-2(4,5)1(6)7/h12-14,17H,3-11H2,1-2H3;(H,6,7). The number of hydrogen-bond donors (Lipinski definition) is 1. The van der Waals surface area contributed by atoms with E-state index in [2.05, 4.69) is 28.3 Å². The van der Waals surface area contributed by atoms with E-state index in [0.29, 0.717) is 32.3 Å². The highest BCUT2D eigenvalue weighted by Crippen LogP contribution is 2.37. The Morgan fingerprint density at radius 1 is 1.23 bits per heavy atom. The predicted octanol–water partition coefficient (Wildman–Crippen LogP) is 2.27. The van der Waals surface area contributed by atoms with Crippen LogP contribution in [0, 0.1) is 5.92 Å². The van der Waals surface area contributed by atoms with E-state index >= 15 is 0 Å². The Labute approximate surface area is 179 Å². The van der Waals surface area contributed by atoms with Crippen molar-refractivity contribution in [3.8, 4) is 0 Å². The molecule has 31 heavy (non-hydrogen) atoms. The van der Waals surface area contributed by atoms with E-state index in [-0.39, 0.29) is 11.9 Å². The monoisotopic (exact) mass is 446 g/mol. The van der Waals surface area contributed by atoms with Gasteiger partial charge in [-0.15, -0.1) is 0 Å². The minimum atomic E-state index is -5.08. The maximum atomic E-state index is 13.4. The van der Waals surface area contributed by atoms with Crippen LogP contribution in [0.2, 0.25) is 0 Å². The van der Waals surface area contributed by atoms with Crippen LogP contribution in [0.5, 0.6) is 0 Å². The number of alkyl halides is 3. The van der Waals surface area contributed by atoms with Gasteiger partial charge >= 0.3 is 12.1 Å². The van der Waals surface area contributed by atoms with E-state index in [0.717, 1.165) is 36.8 Å². The van der Waals surface area contributed by atoms with Crippen LogP contribution < -0.4 is 0 Å². The molecule has 0 aromatic carbocycles. The summed E-state index contributed by atoms with van der Waals surface area (Å²) in [5.41, 5.74) is 2.25. The molecule has 1 aliphatic carbocycles. The van der Waals surface area contributed by atoms with Gasteiger partial charge in [0.25, 0.3) is 0 Å². The number of morpholine rings is 1. The van der Waals surface area contributed by atoms with Gasteiger partial charge in [0, 0.05) is 38.6 Å². The van der Waals surface area contributed by atoms with E-state index in [9.17, 15) is 18.0 Å². The molecule has 2 aliphatic heterocycles. The third-order valence-electron chi connectivity index (χ3n) is 5.72. The van der Waals surface area contributed by atoms with Gasteiger partial charge in [-0.2, -0.15) is 13.2 Å². The van der Waals surface area contributed by atoms with E-state index in [1.54, 1.807) is 0 Å². The molecule has 2 fully saturated rings. The maximum Gasteiger partial charge on any atom is 0.490 e. The number of rotatable bonds is 4. The Hall–Kier alpha value is -2.14. The molecule has 1 saturated carbocycles. The van der Waals surface area contributed by atoms with Crippen LogP contribution in [-0.4, -0.2) is 81.9 Å². The van der Waals surface area contributed by atoms with Crippen molar-refractivity contribution >= 4 is 11.9 Å². The molecule has 3 heterocycles. The van der Waals surface area contributed by atoms with Crippen LogP contribution in [0.3, 0.4) is 0 Å². The molecule has 174 valence electrons. The molecule has 1 N–H and O–H groups in total. The number of nitrogens with zero attached hydrogens (tertiary/aromatic N) is 4. The summed E-state index contributed by atoms with van der Waals surface area (Å²) in [5, 5.41) is 7.12. The summed E-state index contributed by atoms with van der Waals surface area (Å²) in [4.78, 5) is 31.3. The Morgan fingerprint density at radius 2 is 1.84 bits per heavy atom. The average molecular weight is 446 g/mol. The number of ether oxygens (including phenoxy) is 1. The Kier molecular flexibility index (Phi) is 7.25. The van der Waals surface area contributed by atoms with Gasteiger partial charge in [0.2, 0.25) is 5.91 Å². The van der Waals surface area contributed by atoms with Crippen LogP contribution >= 0.6 is 0 Å². The lowest BCUT2D eigenvalue weighted by Crippen LogP contribution is -2.50. The Morgan fingerprint density at radius 3 is 2.35 bits per heavy atom. The molecule has 1 saturated heterocycles. The zero-order chi connectivity index (χ0) is 22.8. The summed E-state index contributed by atoms with van der Waals surface area (Å²) < 4.78 is 39.4. The highest BCUT2D eigenvalue weighted by molar-refractivity contribution is 5.83. The molecule has 4 rings (SSSR count). The largest absolute Gasteiger partial charge is 0.490 e. The molecule has 0 bridgehead atoms. The summed E-state index contributed by atoms with van der Waals surface area (Å²) in [7, 11) is 0. The van der Waals surface area contributed by atoms with Crippen LogP contribution in [0.25, 0.3) is 0 Å². The van der Waals surface area contributed by atoms with E-state index in [4.69, 9.17) is 14.6 Å². The number of halogens is 3. The van der Waals surface area contributed by atoms with Gasteiger partial charge in [-0.05, 0) is 32.6 Å². The number of carboxylic acids is 1. The van der Waals surface area contributed by atoms with Crippen molar-refractivity contribution < 1.29 is 32.6 Å². The lowest BCUT2D eigenvalue weighted by Gasteiger charge is -2.39. The van der Waals surface area contributed by atoms with Gasteiger partial charge in [-0.3, -0.25) is 9.69 Å². The number of carbonyl (C=O) groups is 2. The zero-order valence-corrected chi connectivity index (χ0v) is 17.8. The molecule has 3 aliphatic rings. The fraction of sp³-hybridized carbons (Fsp3) is 0.750. The summed E-state index contributed by atoms with van der Waals surface area (Å²) in [5.74, 6) is -1.74. The molecule has 11 heteroatoms. The fourth-order valence-electron chi connectivity index (χ4n) is 3.92. The Balaban J connectivity index is 0.000000339. The fourth-order valence-corrected chi connectivity index (χ4v) is 3.92. The van der Waals surface area contributed by atoms with Crippen molar-refractivity contribution in [2.45, 2.75) is 51.4 Å². The second kappa shape index (κ2) is 9.56. The minimum absolute atomic E-state index is 0.169. The molecule has 1 aromatic heterocycles. The molecule has 1 amide bonds. The number of aliphatic carboxylic acids is 1. The third-order valence-corrected chi connectivity index (χ3v) is 5.72. The van der Waals surface area contributed by atoms with Gasteiger partial charge in [0.05, 0.1) is 30.9 Å². The number of carbonyl (C=O) groups excluding carboxylic acids is 1. The quantitative estimate of drug-likeness (QED) is 0.764. The molecule has 1 aromatic rings. The first-order valence-corrected chi connectivity index (χ1v) is 10.6. The number of hydrogen-bond acceptors (Lipinski definition) is 5. The van der Waals surface area contributed by atoms with Crippen molar-refractivity contribution in [3.63, 3.8) is 0 Å². The second-order valence-electron chi connectivity index (χ2n) is 8.41. The van der Waals surface area contributed by atoms with Crippen LogP contribution in [-0.2, 0) is 20.7 Å². The van der Waals surface area contributed by atoms with Gasteiger partial charge in [-0.1, -0.05) is 0 Å². The molecule has 1 atom stereocenters. The van der Waals surface area contributed by atoms with Crippen LogP contribution in [0.4, 0.5) is 13.2 Å². The van der Waals surface area contributed by atoms with Gasteiger partial charge in [0.1, 0.15) is 6.04 Å². The minimum Gasteiger partial charge on any atom is -0.475 e. The summed E-state index contributed by atoms with van der Waals surface area (Å²) in [6, 6.07) is 0.152.